The third kappa shape index (κ3) is 5.76. The molecular formula is C19H20BrClN2O4. The second-order valence-electron chi connectivity index (χ2n) is 6.28. The van der Waals surface area contributed by atoms with Crippen molar-refractivity contribution in [1.29, 1.82) is 0 Å². The lowest BCUT2D eigenvalue weighted by molar-refractivity contribution is -0.385. The Hall–Kier alpha value is -1.96. The number of hydrogen-bond acceptors (Lipinski definition) is 5. The van der Waals surface area contributed by atoms with E-state index in [0.29, 0.717) is 4.47 Å². The molecule has 1 aliphatic rings. The van der Waals surface area contributed by atoms with Crippen molar-refractivity contribution >= 4 is 40.0 Å². The van der Waals surface area contributed by atoms with E-state index in [1.165, 1.54) is 17.7 Å². The van der Waals surface area contributed by atoms with Gasteiger partial charge in [-0.25, -0.2) is 4.79 Å². The predicted octanol–water partition coefficient (Wildman–Crippen LogP) is 4.60. The molecule has 0 unspecified atom stereocenters. The van der Waals surface area contributed by atoms with Gasteiger partial charge in [0.2, 0.25) is 0 Å². The molecule has 0 radical (unpaired) electrons. The largest absolute Gasteiger partial charge is 0.458 e. The number of nitro benzene ring substituents is 1. The number of carbonyl (C=O) groups is 1. The van der Waals surface area contributed by atoms with Gasteiger partial charge in [0.25, 0.3) is 5.69 Å². The standard InChI is InChI=1S/C19H19BrN2O4.ClH/c20-15-6-7-17(18(12-15)22(24)25)19(23)26-16-8-10-21(11-9-16)13-14-4-2-1-3-5-14;/h1-7,12,16H,8-11,13H2;1H. The molecule has 27 heavy (non-hydrogen) atoms. The van der Waals surface area contributed by atoms with E-state index in [9.17, 15) is 14.9 Å². The summed E-state index contributed by atoms with van der Waals surface area (Å²) in [4.78, 5) is 25.3. The van der Waals surface area contributed by atoms with Crippen LogP contribution in [0.2, 0.25) is 0 Å². The lowest BCUT2D eigenvalue weighted by Crippen LogP contribution is -2.37. The molecule has 1 fully saturated rings. The zero-order valence-corrected chi connectivity index (χ0v) is 16.9. The van der Waals surface area contributed by atoms with Crippen LogP contribution in [0.3, 0.4) is 0 Å². The number of piperidine rings is 1. The summed E-state index contributed by atoms with van der Waals surface area (Å²) in [5.74, 6) is -0.634. The predicted molar refractivity (Wildman–Crippen MR) is 108 cm³/mol. The Kier molecular flexibility index (Phi) is 7.77. The zero-order valence-electron chi connectivity index (χ0n) is 14.5. The SMILES string of the molecule is Cl.O=C(OC1CCN(Cc2ccccc2)CC1)c1ccc(Br)cc1[N+](=O)[O-]. The van der Waals surface area contributed by atoms with Crippen molar-refractivity contribution in [3.63, 3.8) is 0 Å². The summed E-state index contributed by atoms with van der Waals surface area (Å²) in [7, 11) is 0. The topological polar surface area (TPSA) is 72.7 Å². The number of esters is 1. The molecule has 0 aromatic heterocycles. The van der Waals surface area contributed by atoms with Crippen LogP contribution < -0.4 is 0 Å². The minimum atomic E-state index is -0.634. The summed E-state index contributed by atoms with van der Waals surface area (Å²) in [5.41, 5.74) is 1.00. The van der Waals surface area contributed by atoms with Gasteiger partial charge in [0, 0.05) is 30.2 Å². The van der Waals surface area contributed by atoms with Gasteiger partial charge in [0.1, 0.15) is 11.7 Å². The van der Waals surface area contributed by atoms with Gasteiger partial charge in [0.05, 0.1) is 4.92 Å². The zero-order chi connectivity index (χ0) is 18.5. The van der Waals surface area contributed by atoms with E-state index in [4.69, 9.17) is 4.74 Å². The highest BCUT2D eigenvalue weighted by Gasteiger charge is 2.27. The second kappa shape index (κ2) is 9.82. The summed E-state index contributed by atoms with van der Waals surface area (Å²) in [6.07, 6.45) is 1.24. The fraction of sp³-hybridized carbons (Fsp3) is 0.316. The van der Waals surface area contributed by atoms with Crippen molar-refractivity contribution in [3.8, 4) is 0 Å². The molecule has 0 N–H and O–H groups in total. The van der Waals surface area contributed by atoms with Crippen molar-refractivity contribution < 1.29 is 14.5 Å². The van der Waals surface area contributed by atoms with Crippen LogP contribution in [0.25, 0.3) is 0 Å². The molecule has 0 spiro atoms. The van der Waals surface area contributed by atoms with Gasteiger partial charge in [0.15, 0.2) is 0 Å². The minimum Gasteiger partial charge on any atom is -0.458 e. The highest BCUT2D eigenvalue weighted by atomic mass is 79.9. The van der Waals surface area contributed by atoms with Gasteiger partial charge in [-0.2, -0.15) is 0 Å². The molecular weight excluding hydrogens is 436 g/mol. The number of likely N-dealkylation sites (tertiary alicyclic amines) is 1. The maximum atomic E-state index is 12.4. The molecule has 2 aromatic rings. The average molecular weight is 456 g/mol. The molecule has 0 bridgehead atoms. The van der Waals surface area contributed by atoms with Crippen LogP contribution in [-0.4, -0.2) is 35.0 Å². The summed E-state index contributed by atoms with van der Waals surface area (Å²) in [6, 6.07) is 14.6. The van der Waals surface area contributed by atoms with Crippen molar-refractivity contribution in [2.75, 3.05) is 13.1 Å². The number of rotatable bonds is 5. The Bertz CT molecular complexity index is 796. The lowest BCUT2D eigenvalue weighted by Gasteiger charge is -2.31. The van der Waals surface area contributed by atoms with Crippen LogP contribution in [0.15, 0.2) is 53.0 Å². The van der Waals surface area contributed by atoms with Crippen molar-refractivity contribution in [3.05, 3.63) is 74.2 Å². The molecule has 8 heteroatoms. The second-order valence-corrected chi connectivity index (χ2v) is 7.20. The van der Waals surface area contributed by atoms with E-state index in [2.05, 4.69) is 33.0 Å². The molecule has 1 heterocycles. The van der Waals surface area contributed by atoms with Crippen LogP contribution in [-0.2, 0) is 11.3 Å². The van der Waals surface area contributed by atoms with E-state index in [-0.39, 0.29) is 29.8 Å². The lowest BCUT2D eigenvalue weighted by atomic mass is 10.1. The van der Waals surface area contributed by atoms with E-state index in [0.717, 1.165) is 32.5 Å². The number of nitrogens with zero attached hydrogens (tertiary/aromatic N) is 2. The Morgan fingerprint density at radius 2 is 1.85 bits per heavy atom. The Morgan fingerprint density at radius 3 is 2.48 bits per heavy atom. The first-order chi connectivity index (χ1) is 12.5. The number of carbonyl (C=O) groups excluding carboxylic acids is 1. The van der Waals surface area contributed by atoms with Gasteiger partial charge in [-0.1, -0.05) is 46.3 Å². The number of nitro groups is 1. The maximum Gasteiger partial charge on any atom is 0.345 e. The van der Waals surface area contributed by atoms with Gasteiger partial charge in [-0.15, -0.1) is 12.4 Å². The van der Waals surface area contributed by atoms with Gasteiger partial charge >= 0.3 is 5.97 Å². The van der Waals surface area contributed by atoms with Crippen molar-refractivity contribution in [2.45, 2.75) is 25.5 Å². The number of benzene rings is 2. The molecule has 2 aromatic carbocycles. The van der Waals surface area contributed by atoms with Crippen LogP contribution in [0.5, 0.6) is 0 Å². The highest BCUT2D eigenvalue weighted by Crippen LogP contribution is 2.26. The fourth-order valence-corrected chi connectivity index (χ4v) is 3.42. The van der Waals surface area contributed by atoms with Crippen LogP contribution >= 0.6 is 28.3 Å². The summed E-state index contributed by atoms with van der Waals surface area (Å²) < 4.78 is 6.07. The molecule has 3 rings (SSSR count). The van der Waals surface area contributed by atoms with E-state index in [1.807, 2.05) is 18.2 Å². The number of ether oxygens (including phenoxy) is 1. The Balaban J connectivity index is 0.00000261. The summed E-state index contributed by atoms with van der Waals surface area (Å²) >= 11 is 3.18. The van der Waals surface area contributed by atoms with E-state index in [1.54, 1.807) is 6.07 Å². The Labute approximate surface area is 172 Å². The minimum absolute atomic E-state index is 0. The van der Waals surface area contributed by atoms with Gasteiger partial charge in [-0.3, -0.25) is 15.0 Å². The first kappa shape index (κ1) is 21.3. The first-order valence-corrected chi connectivity index (χ1v) is 9.23. The summed E-state index contributed by atoms with van der Waals surface area (Å²) in [5, 5.41) is 11.2. The third-order valence-corrected chi connectivity index (χ3v) is 4.93. The Morgan fingerprint density at radius 1 is 1.19 bits per heavy atom. The highest BCUT2D eigenvalue weighted by molar-refractivity contribution is 9.10. The van der Waals surface area contributed by atoms with Crippen molar-refractivity contribution in [1.82, 2.24) is 4.90 Å². The molecule has 0 saturated carbocycles. The van der Waals surface area contributed by atoms with E-state index >= 15 is 0 Å². The molecule has 1 aliphatic heterocycles. The quantitative estimate of drug-likeness (QED) is 0.374. The maximum absolute atomic E-state index is 12.4. The molecule has 144 valence electrons. The fourth-order valence-electron chi connectivity index (χ4n) is 3.07. The average Bonchev–Trinajstić information content (AvgIpc) is 2.64. The first-order valence-electron chi connectivity index (χ1n) is 8.44. The molecule has 0 amide bonds. The normalized spacial score (nSPS) is 15.0. The van der Waals surface area contributed by atoms with E-state index < -0.39 is 10.9 Å². The smallest absolute Gasteiger partial charge is 0.345 e. The van der Waals surface area contributed by atoms with Crippen molar-refractivity contribution in [2.24, 2.45) is 0 Å². The molecule has 6 nitrogen and oxygen atoms in total. The molecule has 1 saturated heterocycles. The summed E-state index contributed by atoms with van der Waals surface area (Å²) in [6.45, 7) is 2.53. The third-order valence-electron chi connectivity index (χ3n) is 4.43. The molecule has 0 aliphatic carbocycles. The number of hydrogen-bond donors (Lipinski definition) is 0. The van der Waals surface area contributed by atoms with Crippen LogP contribution in [0, 0.1) is 10.1 Å². The monoisotopic (exact) mass is 454 g/mol. The number of halogens is 2. The molecule has 0 atom stereocenters. The van der Waals surface area contributed by atoms with Crippen LogP contribution in [0.1, 0.15) is 28.8 Å². The van der Waals surface area contributed by atoms with Gasteiger partial charge in [-0.05, 0) is 30.5 Å². The van der Waals surface area contributed by atoms with Gasteiger partial charge < -0.3 is 4.74 Å². The van der Waals surface area contributed by atoms with Crippen LogP contribution in [0.4, 0.5) is 5.69 Å².